The van der Waals surface area contributed by atoms with Crippen LogP contribution in [0.15, 0.2) is 52.4 Å². The molecule has 0 fully saturated rings. The molecule has 1 aliphatic carbocycles. The van der Waals surface area contributed by atoms with E-state index in [-0.39, 0.29) is 0 Å². The second kappa shape index (κ2) is 4.20. The van der Waals surface area contributed by atoms with Crippen LogP contribution >= 0.6 is 11.3 Å². The summed E-state index contributed by atoms with van der Waals surface area (Å²) in [7, 11) is 1.82. The Bertz CT molecular complexity index is 419. The van der Waals surface area contributed by atoms with Crippen LogP contribution in [0.5, 0.6) is 0 Å². The predicted molar refractivity (Wildman–Crippen MR) is 63.9 cm³/mol. The lowest BCUT2D eigenvalue weighted by molar-refractivity contribution is 1.44. The third kappa shape index (κ3) is 1.91. The van der Waals surface area contributed by atoms with Crippen LogP contribution in [0.4, 0.5) is 0 Å². The SMILES string of the molecule is CN=C1C=CC=C/C1=C/c1cccs1. The van der Waals surface area contributed by atoms with E-state index in [0.717, 1.165) is 5.71 Å². The van der Waals surface area contributed by atoms with Gasteiger partial charge >= 0.3 is 0 Å². The van der Waals surface area contributed by atoms with E-state index < -0.39 is 0 Å². The maximum absolute atomic E-state index is 4.22. The van der Waals surface area contributed by atoms with Gasteiger partial charge in [-0.2, -0.15) is 0 Å². The first-order chi connectivity index (χ1) is 6.90. The van der Waals surface area contributed by atoms with Gasteiger partial charge in [0.05, 0.1) is 5.71 Å². The molecule has 0 aliphatic heterocycles. The Morgan fingerprint density at radius 2 is 2.14 bits per heavy atom. The number of hydrogen-bond donors (Lipinski definition) is 0. The first kappa shape index (κ1) is 9.16. The van der Waals surface area contributed by atoms with Crippen LogP contribution < -0.4 is 0 Å². The molecule has 0 amide bonds. The molecule has 0 N–H and O–H groups in total. The highest BCUT2D eigenvalue weighted by atomic mass is 32.1. The largest absolute Gasteiger partial charge is 0.288 e. The van der Waals surface area contributed by atoms with Gasteiger partial charge in [0.15, 0.2) is 0 Å². The highest BCUT2D eigenvalue weighted by Gasteiger charge is 2.02. The van der Waals surface area contributed by atoms with Gasteiger partial charge in [-0.1, -0.05) is 24.3 Å². The van der Waals surface area contributed by atoms with Crippen LogP contribution in [-0.2, 0) is 0 Å². The Hall–Kier alpha value is -1.41. The van der Waals surface area contributed by atoms with Crippen molar-refractivity contribution in [3.8, 4) is 0 Å². The molecule has 0 radical (unpaired) electrons. The molecule has 1 heterocycles. The van der Waals surface area contributed by atoms with E-state index in [1.165, 1.54) is 10.5 Å². The van der Waals surface area contributed by atoms with Crippen molar-refractivity contribution in [2.75, 3.05) is 7.05 Å². The molecule has 2 rings (SSSR count). The van der Waals surface area contributed by atoms with Crippen molar-refractivity contribution in [3.63, 3.8) is 0 Å². The third-order valence-electron chi connectivity index (χ3n) is 2.02. The van der Waals surface area contributed by atoms with Gasteiger partial charge < -0.3 is 0 Å². The number of aliphatic imine (C=N–C) groups is 1. The highest BCUT2D eigenvalue weighted by Crippen LogP contribution is 2.17. The van der Waals surface area contributed by atoms with E-state index in [1.807, 2.05) is 25.3 Å². The summed E-state index contributed by atoms with van der Waals surface area (Å²) in [5, 5.41) is 2.08. The van der Waals surface area contributed by atoms with Crippen molar-refractivity contribution < 1.29 is 0 Å². The Morgan fingerprint density at radius 3 is 2.86 bits per heavy atom. The molecule has 70 valence electrons. The van der Waals surface area contributed by atoms with Crippen LogP contribution in [0.25, 0.3) is 6.08 Å². The van der Waals surface area contributed by atoms with E-state index in [4.69, 9.17) is 0 Å². The highest BCUT2D eigenvalue weighted by molar-refractivity contribution is 7.10. The molecular formula is C12H11NS. The minimum atomic E-state index is 1.04. The van der Waals surface area contributed by atoms with Crippen molar-refractivity contribution in [1.82, 2.24) is 0 Å². The molecule has 0 bridgehead atoms. The molecular weight excluding hydrogens is 190 g/mol. The number of nitrogens with zero attached hydrogens (tertiary/aromatic N) is 1. The second-order valence-corrected chi connectivity index (χ2v) is 3.92. The summed E-state index contributed by atoms with van der Waals surface area (Å²) < 4.78 is 0. The number of hydrogen-bond acceptors (Lipinski definition) is 2. The molecule has 1 aliphatic rings. The van der Waals surface area contributed by atoms with Gasteiger partial charge in [0.2, 0.25) is 0 Å². The summed E-state index contributed by atoms with van der Waals surface area (Å²) >= 11 is 1.74. The molecule has 0 unspecified atom stereocenters. The minimum absolute atomic E-state index is 1.04. The van der Waals surface area contributed by atoms with Gasteiger partial charge in [-0.05, 0) is 23.6 Å². The number of rotatable bonds is 1. The quantitative estimate of drug-likeness (QED) is 0.661. The van der Waals surface area contributed by atoms with Gasteiger partial charge in [0.25, 0.3) is 0 Å². The number of allylic oxidation sites excluding steroid dienone is 5. The zero-order chi connectivity index (χ0) is 9.80. The smallest absolute Gasteiger partial charge is 0.0643 e. The third-order valence-corrected chi connectivity index (χ3v) is 2.84. The van der Waals surface area contributed by atoms with Crippen LogP contribution in [0, 0.1) is 0 Å². The molecule has 0 spiro atoms. The normalized spacial score (nSPS) is 20.9. The first-order valence-corrected chi connectivity index (χ1v) is 5.35. The van der Waals surface area contributed by atoms with Crippen LogP contribution in [0.3, 0.4) is 0 Å². The maximum atomic E-state index is 4.22. The fourth-order valence-corrected chi connectivity index (χ4v) is 2.01. The Labute approximate surface area is 87.8 Å². The predicted octanol–water partition coefficient (Wildman–Crippen LogP) is 3.33. The summed E-state index contributed by atoms with van der Waals surface area (Å²) in [6.45, 7) is 0. The molecule has 0 aromatic carbocycles. The summed E-state index contributed by atoms with van der Waals surface area (Å²) in [5.74, 6) is 0. The molecule has 2 heteroatoms. The van der Waals surface area contributed by atoms with Crippen molar-refractivity contribution in [3.05, 3.63) is 52.3 Å². The lowest BCUT2D eigenvalue weighted by Crippen LogP contribution is -1.98. The Morgan fingerprint density at radius 1 is 1.29 bits per heavy atom. The summed E-state index contributed by atoms with van der Waals surface area (Å²) in [6, 6.07) is 4.17. The average molecular weight is 201 g/mol. The van der Waals surface area contributed by atoms with E-state index in [0.29, 0.717) is 0 Å². The Balaban J connectivity index is 2.34. The van der Waals surface area contributed by atoms with E-state index in [9.17, 15) is 0 Å². The molecule has 0 atom stereocenters. The molecule has 14 heavy (non-hydrogen) atoms. The first-order valence-electron chi connectivity index (χ1n) is 4.47. The molecule has 1 aromatic heterocycles. The zero-order valence-electron chi connectivity index (χ0n) is 7.97. The Kier molecular flexibility index (Phi) is 2.75. The van der Waals surface area contributed by atoms with Crippen LogP contribution in [-0.4, -0.2) is 12.8 Å². The monoisotopic (exact) mass is 201 g/mol. The van der Waals surface area contributed by atoms with Gasteiger partial charge in [-0.25, -0.2) is 0 Å². The minimum Gasteiger partial charge on any atom is -0.288 e. The maximum Gasteiger partial charge on any atom is 0.0643 e. The fourth-order valence-electron chi connectivity index (χ4n) is 1.34. The zero-order valence-corrected chi connectivity index (χ0v) is 8.79. The molecule has 0 saturated carbocycles. The van der Waals surface area contributed by atoms with E-state index >= 15 is 0 Å². The van der Waals surface area contributed by atoms with E-state index in [1.54, 1.807) is 11.3 Å². The lowest BCUT2D eigenvalue weighted by Gasteiger charge is -2.04. The van der Waals surface area contributed by atoms with E-state index in [2.05, 4.69) is 34.7 Å². The van der Waals surface area contributed by atoms with Crippen molar-refractivity contribution in [1.29, 1.82) is 0 Å². The number of thiophene rings is 1. The van der Waals surface area contributed by atoms with Crippen molar-refractivity contribution >= 4 is 23.1 Å². The summed E-state index contributed by atoms with van der Waals surface area (Å²) in [6.07, 6.45) is 10.3. The fraction of sp³-hybridized carbons (Fsp3) is 0.0833. The molecule has 1 aromatic rings. The average Bonchev–Trinajstić information content (AvgIpc) is 2.71. The summed E-state index contributed by atoms with van der Waals surface area (Å²) in [5.41, 5.74) is 2.22. The second-order valence-electron chi connectivity index (χ2n) is 2.94. The van der Waals surface area contributed by atoms with Gasteiger partial charge in [-0.3, -0.25) is 4.99 Å². The van der Waals surface area contributed by atoms with Crippen molar-refractivity contribution in [2.24, 2.45) is 4.99 Å². The topological polar surface area (TPSA) is 12.4 Å². The van der Waals surface area contributed by atoms with Gasteiger partial charge in [0, 0.05) is 17.5 Å². The molecule has 1 nitrogen and oxygen atoms in total. The van der Waals surface area contributed by atoms with Crippen molar-refractivity contribution in [2.45, 2.75) is 0 Å². The van der Waals surface area contributed by atoms with Crippen LogP contribution in [0.1, 0.15) is 4.88 Å². The summed E-state index contributed by atoms with van der Waals surface area (Å²) in [4.78, 5) is 5.49. The van der Waals surface area contributed by atoms with Crippen LogP contribution in [0.2, 0.25) is 0 Å². The lowest BCUT2D eigenvalue weighted by atomic mass is 10.0. The standard InChI is InChI=1S/C12H11NS/c1-13-12-7-3-2-5-10(12)9-11-6-4-8-14-11/h2-9H,1H3/b10-9-,13-12?. The van der Waals surface area contributed by atoms with Gasteiger partial charge in [-0.15, -0.1) is 11.3 Å². The molecule has 0 saturated heterocycles. The van der Waals surface area contributed by atoms with Gasteiger partial charge in [0.1, 0.15) is 0 Å².